The Morgan fingerprint density at radius 2 is 1.20 bits per heavy atom. The molecule has 0 saturated carbocycles. The van der Waals surface area contributed by atoms with E-state index in [9.17, 15) is 0 Å². The van der Waals surface area contributed by atoms with Gasteiger partial charge in [-0.05, 0) is 13.8 Å². The summed E-state index contributed by atoms with van der Waals surface area (Å²) in [5, 5.41) is 42.6. The molecule has 0 aliphatic carbocycles. The molecule has 0 bridgehead atoms. The van der Waals surface area contributed by atoms with Gasteiger partial charge in [0.2, 0.25) is 0 Å². The predicted molar refractivity (Wildman–Crippen MR) is 54.4 cm³/mol. The van der Waals surface area contributed by atoms with Crippen LogP contribution in [0.4, 0.5) is 0 Å². The fourth-order valence-corrected chi connectivity index (χ4v) is 0.677. The molecule has 0 fully saturated rings. The molecule has 0 radical (unpaired) electrons. The van der Waals surface area contributed by atoms with Crippen LogP contribution in [0.15, 0.2) is 0 Å². The second kappa shape index (κ2) is 11.8. The molecular weight excluding hydrogens is 204 g/mol. The summed E-state index contributed by atoms with van der Waals surface area (Å²) in [7, 11) is 0. The number of hydrogen-bond acceptors (Lipinski definition) is 6. The molecule has 6 heteroatoms. The SMILES string of the molecule is CCOCC.OC[C@@H](O)[C@H](O)[C@@H](O)CO. The van der Waals surface area contributed by atoms with Crippen molar-refractivity contribution in [2.75, 3.05) is 26.4 Å². The largest absolute Gasteiger partial charge is 0.394 e. The van der Waals surface area contributed by atoms with Gasteiger partial charge in [0.15, 0.2) is 0 Å². The third kappa shape index (κ3) is 10.1. The van der Waals surface area contributed by atoms with Crippen molar-refractivity contribution in [3.05, 3.63) is 0 Å². The summed E-state index contributed by atoms with van der Waals surface area (Å²) < 4.78 is 4.83. The lowest BCUT2D eigenvalue weighted by molar-refractivity contribution is -0.0900. The molecule has 0 aromatic carbocycles. The predicted octanol–water partition coefficient (Wildman–Crippen LogP) is -1.90. The topological polar surface area (TPSA) is 110 Å². The Hall–Kier alpha value is -0.240. The van der Waals surface area contributed by atoms with Crippen LogP contribution >= 0.6 is 0 Å². The van der Waals surface area contributed by atoms with Crippen LogP contribution in [0.25, 0.3) is 0 Å². The molecule has 94 valence electrons. The van der Waals surface area contributed by atoms with E-state index < -0.39 is 31.5 Å². The highest BCUT2D eigenvalue weighted by Crippen LogP contribution is 1.97. The van der Waals surface area contributed by atoms with Gasteiger partial charge in [-0.2, -0.15) is 0 Å². The average molecular weight is 226 g/mol. The van der Waals surface area contributed by atoms with Gasteiger partial charge in [0.25, 0.3) is 0 Å². The molecule has 6 nitrogen and oxygen atoms in total. The first-order chi connectivity index (χ1) is 7.04. The summed E-state index contributed by atoms with van der Waals surface area (Å²) in [6, 6.07) is 0. The van der Waals surface area contributed by atoms with Gasteiger partial charge in [0, 0.05) is 13.2 Å². The number of aliphatic hydroxyl groups excluding tert-OH is 5. The zero-order valence-electron chi connectivity index (χ0n) is 9.20. The summed E-state index contributed by atoms with van der Waals surface area (Å²) >= 11 is 0. The second-order valence-corrected chi connectivity index (χ2v) is 2.77. The monoisotopic (exact) mass is 226 g/mol. The Kier molecular flexibility index (Phi) is 13.5. The standard InChI is InChI=1S/C5H12O5.C4H10O/c6-1-3(8)5(10)4(9)2-7;1-3-5-4-2/h3-10H,1-2H2;3-4H2,1-2H3/t3-,4+,5+;. The lowest BCUT2D eigenvalue weighted by atomic mass is 10.1. The molecule has 0 heterocycles. The number of ether oxygens (including phenoxy) is 1. The first-order valence-electron chi connectivity index (χ1n) is 4.88. The smallest absolute Gasteiger partial charge is 0.110 e. The third-order valence-corrected chi connectivity index (χ3v) is 1.57. The van der Waals surface area contributed by atoms with Crippen molar-refractivity contribution in [2.24, 2.45) is 0 Å². The average Bonchev–Trinajstić information content (AvgIpc) is 2.27. The Labute approximate surface area is 89.7 Å². The van der Waals surface area contributed by atoms with Gasteiger partial charge in [-0.25, -0.2) is 0 Å². The quantitative estimate of drug-likeness (QED) is 0.362. The molecule has 0 rings (SSSR count). The zero-order valence-corrected chi connectivity index (χ0v) is 9.20. The highest BCUT2D eigenvalue weighted by Gasteiger charge is 2.22. The molecule has 0 saturated heterocycles. The molecule has 0 spiro atoms. The van der Waals surface area contributed by atoms with Crippen LogP contribution in [-0.4, -0.2) is 70.3 Å². The molecule has 0 aliphatic heterocycles. The Morgan fingerprint density at radius 3 is 1.33 bits per heavy atom. The summed E-state index contributed by atoms with van der Waals surface area (Å²) in [5.74, 6) is 0. The molecular formula is C9H22O6. The van der Waals surface area contributed by atoms with Crippen molar-refractivity contribution >= 4 is 0 Å². The van der Waals surface area contributed by atoms with Gasteiger partial charge in [0.05, 0.1) is 13.2 Å². The molecule has 15 heavy (non-hydrogen) atoms. The maximum atomic E-state index is 8.77. The van der Waals surface area contributed by atoms with Crippen LogP contribution in [0, 0.1) is 0 Å². The van der Waals surface area contributed by atoms with E-state index in [1.54, 1.807) is 0 Å². The van der Waals surface area contributed by atoms with Crippen LogP contribution in [0.1, 0.15) is 13.8 Å². The van der Waals surface area contributed by atoms with Gasteiger partial charge >= 0.3 is 0 Å². The minimum absolute atomic E-state index is 0.641. The Bertz CT molecular complexity index is 109. The first kappa shape index (κ1) is 17.2. The highest BCUT2D eigenvalue weighted by molar-refractivity contribution is 4.73. The van der Waals surface area contributed by atoms with Gasteiger partial charge in [-0.3, -0.25) is 0 Å². The molecule has 5 N–H and O–H groups in total. The Balaban J connectivity index is 0. The van der Waals surface area contributed by atoms with Crippen molar-refractivity contribution in [1.29, 1.82) is 0 Å². The molecule has 0 unspecified atom stereocenters. The maximum absolute atomic E-state index is 8.77. The minimum Gasteiger partial charge on any atom is -0.394 e. The number of rotatable bonds is 6. The molecule has 0 amide bonds. The zero-order chi connectivity index (χ0) is 12.3. The first-order valence-corrected chi connectivity index (χ1v) is 4.88. The van der Waals surface area contributed by atoms with Crippen LogP contribution in [0.5, 0.6) is 0 Å². The number of hydrogen-bond donors (Lipinski definition) is 5. The minimum atomic E-state index is -1.49. The lowest BCUT2D eigenvalue weighted by Crippen LogP contribution is -2.41. The van der Waals surface area contributed by atoms with E-state index >= 15 is 0 Å². The van der Waals surface area contributed by atoms with E-state index in [0.717, 1.165) is 13.2 Å². The summed E-state index contributed by atoms with van der Waals surface area (Å²) in [6.45, 7) is 4.39. The Morgan fingerprint density at radius 1 is 0.867 bits per heavy atom. The summed E-state index contributed by atoms with van der Waals surface area (Å²) in [6.07, 6.45) is -4.29. The van der Waals surface area contributed by atoms with Crippen molar-refractivity contribution < 1.29 is 30.3 Å². The van der Waals surface area contributed by atoms with Crippen molar-refractivity contribution in [3.8, 4) is 0 Å². The number of aliphatic hydroxyl groups is 5. The molecule has 0 aliphatic rings. The summed E-state index contributed by atoms with van der Waals surface area (Å²) in [5.41, 5.74) is 0. The van der Waals surface area contributed by atoms with Gasteiger partial charge < -0.3 is 30.3 Å². The van der Waals surface area contributed by atoms with Gasteiger partial charge in [-0.15, -0.1) is 0 Å². The van der Waals surface area contributed by atoms with Crippen molar-refractivity contribution in [3.63, 3.8) is 0 Å². The highest BCUT2D eigenvalue weighted by atomic mass is 16.5. The third-order valence-electron chi connectivity index (χ3n) is 1.57. The molecule has 3 atom stereocenters. The van der Waals surface area contributed by atoms with E-state index in [1.807, 2.05) is 13.8 Å². The molecule has 0 aromatic heterocycles. The van der Waals surface area contributed by atoms with Gasteiger partial charge in [0.1, 0.15) is 18.3 Å². The lowest BCUT2D eigenvalue weighted by Gasteiger charge is -2.19. The van der Waals surface area contributed by atoms with E-state index in [0.29, 0.717) is 0 Å². The normalized spacial score (nSPS) is 16.2. The molecule has 0 aromatic rings. The van der Waals surface area contributed by atoms with Crippen LogP contribution < -0.4 is 0 Å². The van der Waals surface area contributed by atoms with E-state index in [-0.39, 0.29) is 0 Å². The van der Waals surface area contributed by atoms with Crippen molar-refractivity contribution in [1.82, 2.24) is 0 Å². The summed E-state index contributed by atoms with van der Waals surface area (Å²) in [4.78, 5) is 0. The van der Waals surface area contributed by atoms with E-state index in [2.05, 4.69) is 0 Å². The van der Waals surface area contributed by atoms with Crippen molar-refractivity contribution in [2.45, 2.75) is 32.2 Å². The van der Waals surface area contributed by atoms with E-state index in [1.165, 1.54) is 0 Å². The maximum Gasteiger partial charge on any atom is 0.110 e. The van der Waals surface area contributed by atoms with E-state index in [4.69, 9.17) is 30.3 Å². The van der Waals surface area contributed by atoms with Crippen LogP contribution in [0.2, 0.25) is 0 Å². The van der Waals surface area contributed by atoms with Crippen LogP contribution in [0.3, 0.4) is 0 Å². The fourth-order valence-electron chi connectivity index (χ4n) is 0.677. The van der Waals surface area contributed by atoms with Crippen LogP contribution in [-0.2, 0) is 4.74 Å². The fraction of sp³-hybridized carbons (Fsp3) is 1.00. The second-order valence-electron chi connectivity index (χ2n) is 2.77. The van der Waals surface area contributed by atoms with Gasteiger partial charge in [-0.1, -0.05) is 0 Å².